The molecule has 2 saturated heterocycles. The standard InChI is InChI=1S/C15H18FN3O/c1-10-4-11(5-14(16)13(10)6-17)15-8-19-3-2-18-7-12(19)9-20-15/h4-5,12,15,18H,2-3,7-9H2,1H3. The van der Waals surface area contributed by atoms with Crippen LogP contribution in [0.2, 0.25) is 0 Å². The molecule has 5 heteroatoms. The van der Waals surface area contributed by atoms with E-state index in [1.807, 2.05) is 12.1 Å². The first-order valence-corrected chi connectivity index (χ1v) is 6.95. The minimum atomic E-state index is -0.450. The van der Waals surface area contributed by atoms with Crippen molar-refractivity contribution < 1.29 is 9.13 Å². The molecular formula is C15H18FN3O. The molecule has 0 amide bonds. The van der Waals surface area contributed by atoms with Gasteiger partial charge in [0.15, 0.2) is 0 Å². The maximum Gasteiger partial charge on any atom is 0.141 e. The van der Waals surface area contributed by atoms with E-state index in [4.69, 9.17) is 10.00 Å². The zero-order valence-electron chi connectivity index (χ0n) is 11.5. The highest BCUT2D eigenvalue weighted by Gasteiger charge is 2.31. The molecule has 2 unspecified atom stereocenters. The quantitative estimate of drug-likeness (QED) is 0.840. The zero-order chi connectivity index (χ0) is 14.1. The second-order valence-electron chi connectivity index (χ2n) is 5.48. The van der Waals surface area contributed by atoms with E-state index in [1.54, 1.807) is 6.92 Å². The Bertz CT molecular complexity index is 532. The summed E-state index contributed by atoms with van der Waals surface area (Å²) < 4.78 is 19.8. The molecule has 2 atom stereocenters. The van der Waals surface area contributed by atoms with Crippen LogP contribution in [0, 0.1) is 24.1 Å². The third-order valence-electron chi connectivity index (χ3n) is 4.16. The smallest absolute Gasteiger partial charge is 0.141 e. The average Bonchev–Trinajstić information content (AvgIpc) is 2.46. The van der Waals surface area contributed by atoms with Gasteiger partial charge in [0, 0.05) is 32.2 Å². The number of nitriles is 1. The number of benzene rings is 1. The van der Waals surface area contributed by atoms with Crippen molar-refractivity contribution in [2.24, 2.45) is 0 Å². The highest BCUT2D eigenvalue weighted by atomic mass is 19.1. The molecule has 2 aliphatic heterocycles. The fraction of sp³-hybridized carbons (Fsp3) is 0.533. The van der Waals surface area contributed by atoms with E-state index in [2.05, 4.69) is 10.2 Å². The lowest BCUT2D eigenvalue weighted by molar-refractivity contribution is -0.0718. The van der Waals surface area contributed by atoms with Crippen LogP contribution in [0.3, 0.4) is 0 Å². The monoisotopic (exact) mass is 275 g/mol. The van der Waals surface area contributed by atoms with E-state index in [0.29, 0.717) is 18.2 Å². The Balaban J connectivity index is 1.82. The van der Waals surface area contributed by atoms with Crippen LogP contribution >= 0.6 is 0 Å². The number of aryl methyl sites for hydroxylation is 1. The van der Waals surface area contributed by atoms with Gasteiger partial charge in [-0.3, -0.25) is 4.90 Å². The maximum absolute atomic E-state index is 13.9. The van der Waals surface area contributed by atoms with Gasteiger partial charge in [-0.2, -0.15) is 5.26 Å². The van der Waals surface area contributed by atoms with Gasteiger partial charge in [-0.15, -0.1) is 0 Å². The Morgan fingerprint density at radius 2 is 2.35 bits per heavy atom. The van der Waals surface area contributed by atoms with Gasteiger partial charge in [0.05, 0.1) is 18.3 Å². The summed E-state index contributed by atoms with van der Waals surface area (Å²) in [6.07, 6.45) is -0.106. The largest absolute Gasteiger partial charge is 0.371 e. The summed E-state index contributed by atoms with van der Waals surface area (Å²) in [5, 5.41) is 12.3. The van der Waals surface area contributed by atoms with E-state index in [-0.39, 0.29) is 11.7 Å². The number of piperazine rings is 1. The van der Waals surface area contributed by atoms with E-state index in [1.165, 1.54) is 6.07 Å². The number of halogens is 1. The van der Waals surface area contributed by atoms with Crippen molar-refractivity contribution in [1.82, 2.24) is 10.2 Å². The predicted octanol–water partition coefficient (Wildman–Crippen LogP) is 1.35. The molecule has 0 radical (unpaired) electrons. The molecule has 2 heterocycles. The van der Waals surface area contributed by atoms with Crippen LogP contribution < -0.4 is 5.32 Å². The van der Waals surface area contributed by atoms with Gasteiger partial charge in [-0.1, -0.05) is 6.07 Å². The summed E-state index contributed by atoms with van der Waals surface area (Å²) >= 11 is 0. The van der Waals surface area contributed by atoms with Crippen molar-refractivity contribution in [2.45, 2.75) is 19.1 Å². The number of hydrogen-bond acceptors (Lipinski definition) is 4. The number of rotatable bonds is 1. The van der Waals surface area contributed by atoms with Crippen LogP contribution in [0.5, 0.6) is 0 Å². The van der Waals surface area contributed by atoms with E-state index in [0.717, 1.165) is 31.7 Å². The molecule has 0 saturated carbocycles. The molecule has 20 heavy (non-hydrogen) atoms. The Morgan fingerprint density at radius 1 is 1.50 bits per heavy atom. The van der Waals surface area contributed by atoms with E-state index < -0.39 is 5.82 Å². The molecule has 2 aliphatic rings. The number of ether oxygens (including phenoxy) is 1. The lowest BCUT2D eigenvalue weighted by atomic mass is 9.99. The minimum Gasteiger partial charge on any atom is -0.371 e. The number of morpholine rings is 1. The first-order valence-electron chi connectivity index (χ1n) is 6.95. The van der Waals surface area contributed by atoms with Crippen molar-refractivity contribution in [3.63, 3.8) is 0 Å². The topological polar surface area (TPSA) is 48.3 Å². The molecule has 1 aromatic rings. The fourth-order valence-electron chi connectivity index (χ4n) is 3.00. The van der Waals surface area contributed by atoms with Crippen molar-refractivity contribution >= 4 is 0 Å². The predicted molar refractivity (Wildman–Crippen MR) is 72.8 cm³/mol. The third-order valence-corrected chi connectivity index (χ3v) is 4.16. The van der Waals surface area contributed by atoms with Gasteiger partial charge in [-0.05, 0) is 24.1 Å². The van der Waals surface area contributed by atoms with Crippen molar-refractivity contribution in [3.8, 4) is 6.07 Å². The molecule has 106 valence electrons. The fourth-order valence-corrected chi connectivity index (χ4v) is 3.00. The van der Waals surface area contributed by atoms with Crippen LogP contribution in [0.1, 0.15) is 22.8 Å². The summed E-state index contributed by atoms with van der Waals surface area (Å²) in [6.45, 7) is 6.16. The average molecular weight is 275 g/mol. The highest BCUT2D eigenvalue weighted by Crippen LogP contribution is 2.28. The summed E-state index contributed by atoms with van der Waals surface area (Å²) in [5.74, 6) is -0.450. The molecule has 1 N–H and O–H groups in total. The van der Waals surface area contributed by atoms with Crippen molar-refractivity contribution in [1.29, 1.82) is 5.26 Å². The summed E-state index contributed by atoms with van der Waals surface area (Å²) in [4.78, 5) is 2.40. The minimum absolute atomic E-state index is 0.106. The van der Waals surface area contributed by atoms with Crippen molar-refractivity contribution in [3.05, 3.63) is 34.6 Å². The molecule has 3 rings (SSSR count). The molecule has 1 aromatic carbocycles. The maximum atomic E-state index is 13.9. The van der Waals surface area contributed by atoms with E-state index >= 15 is 0 Å². The summed E-state index contributed by atoms with van der Waals surface area (Å²) in [7, 11) is 0. The van der Waals surface area contributed by atoms with Crippen LogP contribution in [0.4, 0.5) is 4.39 Å². The van der Waals surface area contributed by atoms with Crippen LogP contribution in [-0.2, 0) is 4.74 Å². The second kappa shape index (κ2) is 5.49. The van der Waals surface area contributed by atoms with Crippen LogP contribution in [0.25, 0.3) is 0 Å². The summed E-state index contributed by atoms with van der Waals surface area (Å²) in [5.41, 5.74) is 1.63. The van der Waals surface area contributed by atoms with Crippen molar-refractivity contribution in [2.75, 3.05) is 32.8 Å². The second-order valence-corrected chi connectivity index (χ2v) is 5.48. The SMILES string of the molecule is Cc1cc(C2CN3CCNCC3CO2)cc(F)c1C#N. The first-order chi connectivity index (χ1) is 9.69. The van der Waals surface area contributed by atoms with Gasteiger partial charge >= 0.3 is 0 Å². The van der Waals surface area contributed by atoms with E-state index in [9.17, 15) is 4.39 Å². The molecule has 0 aromatic heterocycles. The zero-order valence-corrected chi connectivity index (χ0v) is 11.5. The molecule has 0 bridgehead atoms. The Hall–Kier alpha value is -1.48. The van der Waals surface area contributed by atoms with Gasteiger partial charge in [0.25, 0.3) is 0 Å². The number of nitrogens with zero attached hydrogens (tertiary/aromatic N) is 2. The Kier molecular flexibility index (Phi) is 3.70. The lowest BCUT2D eigenvalue weighted by Crippen LogP contribution is -2.57. The van der Waals surface area contributed by atoms with Gasteiger partial charge in [-0.25, -0.2) is 4.39 Å². The molecule has 0 spiro atoms. The Labute approximate surface area is 118 Å². The van der Waals surface area contributed by atoms with Gasteiger partial charge < -0.3 is 10.1 Å². The van der Waals surface area contributed by atoms with Gasteiger partial charge in [0.2, 0.25) is 0 Å². The molecular weight excluding hydrogens is 257 g/mol. The molecule has 0 aliphatic carbocycles. The highest BCUT2D eigenvalue weighted by molar-refractivity contribution is 5.41. The third kappa shape index (κ3) is 2.42. The first kappa shape index (κ1) is 13.5. The molecule has 4 nitrogen and oxygen atoms in total. The number of hydrogen-bond donors (Lipinski definition) is 1. The Morgan fingerprint density at radius 3 is 3.10 bits per heavy atom. The normalized spacial score (nSPS) is 26.9. The molecule has 2 fully saturated rings. The summed E-state index contributed by atoms with van der Waals surface area (Å²) in [6, 6.07) is 5.64. The van der Waals surface area contributed by atoms with Gasteiger partial charge in [0.1, 0.15) is 11.9 Å². The lowest BCUT2D eigenvalue weighted by Gasteiger charge is -2.42. The number of nitrogens with one attached hydrogen (secondary N) is 1. The number of fused-ring (bicyclic) bond motifs is 1. The van der Waals surface area contributed by atoms with Crippen LogP contribution in [0.15, 0.2) is 12.1 Å². The van der Waals surface area contributed by atoms with Crippen LogP contribution in [-0.4, -0.2) is 43.7 Å².